The molecule has 0 saturated carbocycles. The Bertz CT molecular complexity index is 528. The van der Waals surface area contributed by atoms with Crippen LogP contribution in [0.5, 0.6) is 0 Å². The molecule has 1 heterocycles. The molecule has 1 aliphatic heterocycles. The van der Waals surface area contributed by atoms with E-state index in [1.54, 1.807) is 6.92 Å². The van der Waals surface area contributed by atoms with E-state index in [2.05, 4.69) is 17.6 Å². The molecule has 2 rings (SSSR count). The molecule has 1 aromatic rings. The van der Waals surface area contributed by atoms with Crippen LogP contribution in [0.1, 0.15) is 37.8 Å². The molecule has 0 spiro atoms. The second kappa shape index (κ2) is 7.34. The van der Waals surface area contributed by atoms with E-state index >= 15 is 0 Å². The van der Waals surface area contributed by atoms with E-state index in [9.17, 15) is 18.0 Å². The van der Waals surface area contributed by atoms with Crippen molar-refractivity contribution >= 4 is 5.91 Å². The summed E-state index contributed by atoms with van der Waals surface area (Å²) in [6.45, 7) is 4.78. The van der Waals surface area contributed by atoms with Gasteiger partial charge < -0.3 is 10.6 Å². The summed E-state index contributed by atoms with van der Waals surface area (Å²) in [7, 11) is 0. The van der Waals surface area contributed by atoms with Crippen LogP contribution in [0.2, 0.25) is 0 Å². The molecule has 3 atom stereocenters. The molecule has 0 aliphatic carbocycles. The zero-order valence-corrected chi connectivity index (χ0v) is 13.4. The van der Waals surface area contributed by atoms with E-state index in [-0.39, 0.29) is 17.9 Å². The zero-order chi connectivity index (χ0) is 17.0. The summed E-state index contributed by atoms with van der Waals surface area (Å²) >= 11 is 0. The van der Waals surface area contributed by atoms with Gasteiger partial charge in [0.15, 0.2) is 0 Å². The molecule has 1 aromatic carbocycles. The third-order valence-electron chi connectivity index (χ3n) is 4.24. The van der Waals surface area contributed by atoms with Crippen LogP contribution in [0.25, 0.3) is 0 Å². The number of hydrogen-bond donors (Lipinski definition) is 2. The summed E-state index contributed by atoms with van der Waals surface area (Å²) in [5.41, 5.74) is 0.0707. The highest BCUT2D eigenvalue weighted by molar-refractivity contribution is 5.78. The molecule has 1 amide bonds. The smallest absolute Gasteiger partial charge is 0.353 e. The lowest BCUT2D eigenvalue weighted by molar-refractivity contribution is -0.137. The molecule has 0 aromatic heterocycles. The van der Waals surface area contributed by atoms with Crippen LogP contribution >= 0.6 is 0 Å². The number of carbonyl (C=O) groups is 1. The topological polar surface area (TPSA) is 41.1 Å². The number of rotatable bonds is 4. The van der Waals surface area contributed by atoms with Crippen LogP contribution in [-0.2, 0) is 17.4 Å². The number of carbonyl (C=O) groups excluding carboxylic acids is 1. The fourth-order valence-corrected chi connectivity index (χ4v) is 2.88. The SMILES string of the molecule is CC1CC(NC(=O)C(C)Cc2ccc(C(F)(F)F)cc2)CCN1. The highest BCUT2D eigenvalue weighted by atomic mass is 19.4. The summed E-state index contributed by atoms with van der Waals surface area (Å²) in [4.78, 5) is 12.2. The quantitative estimate of drug-likeness (QED) is 0.891. The molecule has 1 aliphatic rings. The van der Waals surface area contributed by atoms with E-state index < -0.39 is 11.7 Å². The second-order valence-corrected chi connectivity index (χ2v) is 6.38. The summed E-state index contributed by atoms with van der Waals surface area (Å²) in [6.07, 6.45) is -2.08. The van der Waals surface area contributed by atoms with Gasteiger partial charge in [0.2, 0.25) is 5.91 Å². The summed E-state index contributed by atoms with van der Waals surface area (Å²) in [5, 5.41) is 6.37. The summed E-state index contributed by atoms with van der Waals surface area (Å²) in [5.74, 6) is -0.305. The Morgan fingerprint density at radius 1 is 1.35 bits per heavy atom. The van der Waals surface area contributed by atoms with E-state index in [1.807, 2.05) is 0 Å². The van der Waals surface area contributed by atoms with Gasteiger partial charge in [0.05, 0.1) is 5.56 Å². The maximum atomic E-state index is 12.5. The van der Waals surface area contributed by atoms with Crippen LogP contribution in [0.3, 0.4) is 0 Å². The summed E-state index contributed by atoms with van der Waals surface area (Å²) < 4.78 is 37.6. The fourth-order valence-electron chi connectivity index (χ4n) is 2.88. The number of nitrogens with one attached hydrogen (secondary N) is 2. The Kier molecular flexibility index (Phi) is 5.68. The monoisotopic (exact) mass is 328 g/mol. The lowest BCUT2D eigenvalue weighted by Gasteiger charge is -2.29. The molecule has 1 saturated heterocycles. The second-order valence-electron chi connectivity index (χ2n) is 6.38. The Morgan fingerprint density at radius 2 is 2.00 bits per heavy atom. The van der Waals surface area contributed by atoms with Gasteiger partial charge in [-0.3, -0.25) is 4.79 Å². The molecule has 3 unspecified atom stereocenters. The van der Waals surface area contributed by atoms with Crippen molar-refractivity contribution in [3.05, 3.63) is 35.4 Å². The third kappa shape index (κ3) is 5.23. The molecule has 6 heteroatoms. The zero-order valence-electron chi connectivity index (χ0n) is 13.4. The largest absolute Gasteiger partial charge is 0.416 e. The van der Waals surface area contributed by atoms with Gasteiger partial charge in [-0.2, -0.15) is 13.2 Å². The molecular formula is C17H23F3N2O. The third-order valence-corrected chi connectivity index (χ3v) is 4.24. The van der Waals surface area contributed by atoms with Gasteiger partial charge in [-0.05, 0) is 50.4 Å². The van der Waals surface area contributed by atoms with Crippen LogP contribution in [0.15, 0.2) is 24.3 Å². The van der Waals surface area contributed by atoms with Crippen LogP contribution < -0.4 is 10.6 Å². The first-order valence-electron chi connectivity index (χ1n) is 7.95. The fraction of sp³-hybridized carbons (Fsp3) is 0.588. The van der Waals surface area contributed by atoms with E-state index in [4.69, 9.17) is 0 Å². The van der Waals surface area contributed by atoms with Crippen molar-refractivity contribution in [3.8, 4) is 0 Å². The van der Waals surface area contributed by atoms with Crippen LogP contribution in [0, 0.1) is 5.92 Å². The summed E-state index contributed by atoms with van der Waals surface area (Å²) in [6, 6.07) is 5.58. The molecular weight excluding hydrogens is 305 g/mol. The van der Waals surface area contributed by atoms with E-state index in [0.29, 0.717) is 12.5 Å². The van der Waals surface area contributed by atoms with Gasteiger partial charge in [-0.15, -0.1) is 0 Å². The van der Waals surface area contributed by atoms with Crippen molar-refractivity contribution in [1.29, 1.82) is 0 Å². The lowest BCUT2D eigenvalue weighted by Crippen LogP contribution is -2.48. The Balaban J connectivity index is 1.88. The minimum absolute atomic E-state index is 0.0380. The number of hydrogen-bond acceptors (Lipinski definition) is 2. The molecule has 128 valence electrons. The number of amides is 1. The molecule has 2 N–H and O–H groups in total. The van der Waals surface area contributed by atoms with Crippen molar-refractivity contribution < 1.29 is 18.0 Å². The molecule has 23 heavy (non-hydrogen) atoms. The van der Waals surface area contributed by atoms with Gasteiger partial charge in [0.1, 0.15) is 0 Å². The molecule has 0 bridgehead atoms. The minimum Gasteiger partial charge on any atom is -0.353 e. The predicted molar refractivity (Wildman–Crippen MR) is 82.9 cm³/mol. The molecule has 3 nitrogen and oxygen atoms in total. The normalized spacial score (nSPS) is 23.3. The highest BCUT2D eigenvalue weighted by Crippen LogP contribution is 2.29. The number of halogens is 3. The van der Waals surface area contributed by atoms with Crippen molar-refractivity contribution in [2.24, 2.45) is 5.92 Å². The van der Waals surface area contributed by atoms with Crippen molar-refractivity contribution in [2.45, 2.75) is 51.4 Å². The van der Waals surface area contributed by atoms with Crippen molar-refractivity contribution in [1.82, 2.24) is 10.6 Å². The number of alkyl halides is 3. The van der Waals surface area contributed by atoms with Crippen molar-refractivity contribution in [2.75, 3.05) is 6.54 Å². The van der Waals surface area contributed by atoms with Gasteiger partial charge in [0, 0.05) is 18.0 Å². The van der Waals surface area contributed by atoms with Crippen LogP contribution in [0.4, 0.5) is 13.2 Å². The van der Waals surface area contributed by atoms with Gasteiger partial charge >= 0.3 is 6.18 Å². The number of piperidine rings is 1. The predicted octanol–water partition coefficient (Wildman–Crippen LogP) is 3.14. The average molecular weight is 328 g/mol. The Hall–Kier alpha value is -1.56. The van der Waals surface area contributed by atoms with Crippen LogP contribution in [-0.4, -0.2) is 24.5 Å². The average Bonchev–Trinajstić information content (AvgIpc) is 2.46. The van der Waals surface area contributed by atoms with Gasteiger partial charge in [-0.1, -0.05) is 19.1 Å². The Morgan fingerprint density at radius 3 is 2.57 bits per heavy atom. The van der Waals surface area contributed by atoms with Gasteiger partial charge in [-0.25, -0.2) is 0 Å². The lowest BCUT2D eigenvalue weighted by atomic mass is 9.96. The Labute approximate surface area is 134 Å². The first-order valence-corrected chi connectivity index (χ1v) is 7.95. The van der Waals surface area contributed by atoms with E-state index in [0.717, 1.165) is 37.1 Å². The maximum absolute atomic E-state index is 12.5. The standard InChI is InChI=1S/C17H23F3N2O/c1-11(16(23)22-15-7-8-21-12(2)10-15)9-13-3-5-14(6-4-13)17(18,19)20/h3-6,11-12,15,21H,7-10H2,1-2H3,(H,22,23). The molecule has 1 fully saturated rings. The van der Waals surface area contributed by atoms with Gasteiger partial charge in [0.25, 0.3) is 0 Å². The van der Waals surface area contributed by atoms with Crippen molar-refractivity contribution in [3.63, 3.8) is 0 Å². The molecule has 0 radical (unpaired) electrons. The first-order chi connectivity index (χ1) is 10.8. The number of benzene rings is 1. The minimum atomic E-state index is -4.33. The highest BCUT2D eigenvalue weighted by Gasteiger charge is 2.30. The maximum Gasteiger partial charge on any atom is 0.416 e. The van der Waals surface area contributed by atoms with E-state index in [1.165, 1.54) is 12.1 Å². The first kappa shape index (κ1) is 17.8.